The van der Waals surface area contributed by atoms with Gasteiger partial charge in [-0.05, 0) is 44.0 Å². The number of ether oxygens (including phenoxy) is 1. The predicted octanol–water partition coefficient (Wildman–Crippen LogP) is 5.44. The molecule has 1 unspecified atom stereocenters. The number of carbonyl (C=O) groups is 1. The second kappa shape index (κ2) is 8.71. The first-order chi connectivity index (χ1) is 14.6. The maximum Gasteiger partial charge on any atom is 0.319 e. The van der Waals surface area contributed by atoms with E-state index in [2.05, 4.69) is 58.0 Å². The van der Waals surface area contributed by atoms with E-state index in [1.54, 1.807) is 6.33 Å². The summed E-state index contributed by atoms with van der Waals surface area (Å²) in [6.45, 7) is 6.09. The van der Waals surface area contributed by atoms with E-state index >= 15 is 0 Å². The first-order valence-electron chi connectivity index (χ1n) is 9.90. The van der Waals surface area contributed by atoms with E-state index in [9.17, 15) is 4.79 Å². The van der Waals surface area contributed by atoms with Crippen LogP contribution in [0.3, 0.4) is 0 Å². The topological polar surface area (TPSA) is 57.0 Å². The van der Waals surface area contributed by atoms with Crippen molar-refractivity contribution >= 4 is 28.8 Å². The predicted molar refractivity (Wildman–Crippen MR) is 121 cm³/mol. The molecule has 0 aliphatic heterocycles. The zero-order valence-electron chi connectivity index (χ0n) is 17.2. The van der Waals surface area contributed by atoms with Crippen LogP contribution in [0.4, 0.5) is 0 Å². The van der Waals surface area contributed by atoms with Gasteiger partial charge in [0.1, 0.15) is 22.3 Å². The van der Waals surface area contributed by atoms with E-state index in [4.69, 9.17) is 4.74 Å². The van der Waals surface area contributed by atoms with Crippen molar-refractivity contribution in [2.75, 3.05) is 6.61 Å². The average Bonchev–Trinajstić information content (AvgIpc) is 3.15. The van der Waals surface area contributed by atoms with Crippen LogP contribution < -0.4 is 0 Å². The van der Waals surface area contributed by atoms with Crippen LogP contribution in [0, 0.1) is 6.92 Å². The lowest BCUT2D eigenvalue weighted by molar-refractivity contribution is -0.142. The lowest BCUT2D eigenvalue weighted by Crippen LogP contribution is -2.16. The Labute approximate surface area is 180 Å². The van der Waals surface area contributed by atoms with Crippen LogP contribution in [-0.2, 0) is 9.53 Å². The summed E-state index contributed by atoms with van der Waals surface area (Å²) < 4.78 is 7.27. The fourth-order valence-corrected chi connectivity index (χ4v) is 4.34. The summed E-state index contributed by atoms with van der Waals surface area (Å²) in [6, 6.07) is 18.5. The molecule has 4 aromatic rings. The molecule has 5 nitrogen and oxygen atoms in total. The summed E-state index contributed by atoms with van der Waals surface area (Å²) in [4.78, 5) is 21.3. The van der Waals surface area contributed by atoms with Gasteiger partial charge in [-0.25, -0.2) is 9.97 Å². The van der Waals surface area contributed by atoms with Crippen LogP contribution in [0.5, 0.6) is 0 Å². The number of esters is 1. The molecule has 0 saturated carbocycles. The van der Waals surface area contributed by atoms with Crippen LogP contribution in [0.1, 0.15) is 19.4 Å². The third-order valence-corrected chi connectivity index (χ3v) is 5.90. The van der Waals surface area contributed by atoms with Gasteiger partial charge in [-0.15, -0.1) is 0 Å². The highest BCUT2D eigenvalue weighted by atomic mass is 32.2. The van der Waals surface area contributed by atoms with Crippen LogP contribution in [0.2, 0.25) is 0 Å². The Bertz CT molecular complexity index is 1190. The molecule has 152 valence electrons. The molecule has 0 amide bonds. The van der Waals surface area contributed by atoms with E-state index in [1.165, 1.54) is 17.3 Å². The number of nitrogens with zero attached hydrogens (tertiary/aromatic N) is 3. The van der Waals surface area contributed by atoms with Crippen molar-refractivity contribution in [3.8, 4) is 16.8 Å². The number of thioether (sulfide) groups is 1. The molecule has 0 bridgehead atoms. The second-order valence-corrected chi connectivity index (χ2v) is 8.34. The number of hydrogen-bond donors (Lipinski definition) is 0. The highest BCUT2D eigenvalue weighted by Gasteiger charge is 2.22. The number of aryl methyl sites for hydroxylation is 1. The Hall–Kier alpha value is -3.12. The Morgan fingerprint density at radius 3 is 2.67 bits per heavy atom. The Morgan fingerprint density at radius 2 is 1.93 bits per heavy atom. The molecule has 0 spiro atoms. The van der Waals surface area contributed by atoms with E-state index < -0.39 is 0 Å². The van der Waals surface area contributed by atoms with Crippen LogP contribution in [-0.4, -0.2) is 32.4 Å². The minimum Gasteiger partial charge on any atom is -0.465 e. The van der Waals surface area contributed by atoms with Crippen molar-refractivity contribution in [3.63, 3.8) is 0 Å². The molecular formula is C24H23N3O2S. The van der Waals surface area contributed by atoms with Crippen molar-refractivity contribution in [2.24, 2.45) is 0 Å². The number of carbonyl (C=O) groups excluding carboxylic acids is 1. The summed E-state index contributed by atoms with van der Waals surface area (Å²) in [7, 11) is 0. The maximum absolute atomic E-state index is 12.2. The quantitative estimate of drug-likeness (QED) is 0.238. The van der Waals surface area contributed by atoms with E-state index in [1.807, 2.05) is 38.1 Å². The summed E-state index contributed by atoms with van der Waals surface area (Å²) in [5.74, 6) is -0.242. The molecule has 2 aromatic heterocycles. The SMILES string of the molecule is CCOC(=O)C(C)Sc1ncnc2c1c(-c1ccccc1)cn2-c1cccc(C)c1. The third-order valence-electron chi connectivity index (χ3n) is 4.82. The van der Waals surface area contributed by atoms with Gasteiger partial charge in [-0.3, -0.25) is 4.79 Å². The Morgan fingerprint density at radius 1 is 1.13 bits per heavy atom. The molecule has 0 aliphatic carbocycles. The maximum atomic E-state index is 12.2. The van der Waals surface area contributed by atoms with Gasteiger partial charge in [0.2, 0.25) is 0 Å². The van der Waals surface area contributed by atoms with Gasteiger partial charge in [0.05, 0.1) is 12.0 Å². The smallest absolute Gasteiger partial charge is 0.319 e. The Balaban J connectivity index is 1.91. The van der Waals surface area contributed by atoms with Crippen molar-refractivity contribution in [1.82, 2.24) is 14.5 Å². The molecule has 2 heterocycles. The van der Waals surface area contributed by atoms with Gasteiger partial charge < -0.3 is 9.30 Å². The summed E-state index contributed by atoms with van der Waals surface area (Å²) in [6.07, 6.45) is 3.66. The van der Waals surface area contributed by atoms with Gasteiger partial charge in [0.15, 0.2) is 0 Å². The summed E-state index contributed by atoms with van der Waals surface area (Å²) in [5, 5.41) is 1.34. The van der Waals surface area contributed by atoms with Gasteiger partial charge >= 0.3 is 5.97 Å². The first kappa shape index (κ1) is 20.2. The van der Waals surface area contributed by atoms with E-state index in [0.717, 1.165) is 32.9 Å². The van der Waals surface area contributed by atoms with E-state index in [-0.39, 0.29) is 11.2 Å². The molecule has 0 fully saturated rings. The van der Waals surface area contributed by atoms with Gasteiger partial charge in [-0.1, -0.05) is 54.2 Å². The van der Waals surface area contributed by atoms with Crippen molar-refractivity contribution in [1.29, 1.82) is 0 Å². The molecular weight excluding hydrogens is 394 g/mol. The zero-order chi connectivity index (χ0) is 21.1. The molecule has 0 saturated heterocycles. The highest BCUT2D eigenvalue weighted by Crippen LogP contribution is 2.38. The van der Waals surface area contributed by atoms with Crippen LogP contribution in [0.15, 0.2) is 72.1 Å². The molecule has 0 N–H and O–H groups in total. The van der Waals surface area contributed by atoms with Crippen LogP contribution >= 0.6 is 11.8 Å². The number of hydrogen-bond acceptors (Lipinski definition) is 5. The molecule has 1 atom stereocenters. The molecule has 4 rings (SSSR count). The molecule has 2 aromatic carbocycles. The second-order valence-electron chi connectivity index (χ2n) is 7.01. The standard InChI is InChI=1S/C24H23N3O2S/c1-4-29-24(28)17(3)30-23-21-20(18-10-6-5-7-11-18)14-27(22(21)25-15-26-23)19-12-8-9-16(2)13-19/h5-15,17H,4H2,1-3H3. The molecule has 30 heavy (non-hydrogen) atoms. The molecule has 0 radical (unpaired) electrons. The lowest BCUT2D eigenvalue weighted by atomic mass is 10.1. The van der Waals surface area contributed by atoms with Crippen molar-refractivity contribution < 1.29 is 9.53 Å². The summed E-state index contributed by atoms with van der Waals surface area (Å²) >= 11 is 1.40. The fraction of sp³-hybridized carbons (Fsp3) is 0.208. The number of rotatable bonds is 6. The van der Waals surface area contributed by atoms with Crippen molar-refractivity contribution in [2.45, 2.75) is 31.0 Å². The minimum absolute atomic E-state index is 0.242. The van der Waals surface area contributed by atoms with Gasteiger partial charge in [0, 0.05) is 17.4 Å². The minimum atomic E-state index is -0.367. The largest absolute Gasteiger partial charge is 0.465 e. The fourth-order valence-electron chi connectivity index (χ4n) is 3.41. The van der Waals surface area contributed by atoms with Gasteiger partial charge in [0.25, 0.3) is 0 Å². The highest BCUT2D eigenvalue weighted by molar-refractivity contribution is 8.00. The van der Waals surface area contributed by atoms with Gasteiger partial charge in [-0.2, -0.15) is 0 Å². The number of benzene rings is 2. The Kier molecular flexibility index (Phi) is 5.86. The average molecular weight is 418 g/mol. The van der Waals surface area contributed by atoms with Crippen LogP contribution in [0.25, 0.3) is 27.8 Å². The van der Waals surface area contributed by atoms with E-state index in [0.29, 0.717) is 6.61 Å². The normalized spacial score (nSPS) is 12.1. The third kappa shape index (κ3) is 3.96. The zero-order valence-corrected chi connectivity index (χ0v) is 18.0. The lowest BCUT2D eigenvalue weighted by Gasteiger charge is -2.11. The number of fused-ring (bicyclic) bond motifs is 1. The number of aromatic nitrogens is 3. The molecule has 0 aliphatic rings. The summed E-state index contributed by atoms with van der Waals surface area (Å²) in [5.41, 5.74) is 5.14. The monoisotopic (exact) mass is 417 g/mol. The first-order valence-corrected chi connectivity index (χ1v) is 10.8. The molecule has 6 heteroatoms. The van der Waals surface area contributed by atoms with Crippen molar-refractivity contribution in [3.05, 3.63) is 72.7 Å².